The molecule has 4 heteroatoms. The van der Waals surface area contributed by atoms with Gasteiger partial charge in [-0.15, -0.1) is 0 Å². The predicted molar refractivity (Wildman–Crippen MR) is 73.2 cm³/mol. The molecule has 17 heavy (non-hydrogen) atoms. The highest BCUT2D eigenvalue weighted by Gasteiger charge is 1.99. The van der Waals surface area contributed by atoms with Crippen molar-refractivity contribution in [1.29, 1.82) is 0 Å². The highest BCUT2D eigenvalue weighted by Crippen LogP contribution is 2.13. The van der Waals surface area contributed by atoms with Crippen molar-refractivity contribution >= 4 is 5.69 Å². The molecule has 0 unspecified atom stereocenters. The van der Waals surface area contributed by atoms with Gasteiger partial charge in [0, 0.05) is 24.9 Å². The van der Waals surface area contributed by atoms with Gasteiger partial charge in [0.25, 0.3) is 0 Å². The quantitative estimate of drug-likeness (QED) is 0.552. The van der Waals surface area contributed by atoms with Crippen LogP contribution in [-0.4, -0.2) is 11.7 Å². The molecule has 0 fully saturated rings. The second-order valence-corrected chi connectivity index (χ2v) is 3.42. The van der Waals surface area contributed by atoms with Gasteiger partial charge in [-0.2, -0.15) is 0 Å². The molecule has 0 spiro atoms. The Morgan fingerprint density at radius 1 is 1.41 bits per heavy atom. The van der Waals surface area contributed by atoms with Gasteiger partial charge >= 0.3 is 0 Å². The maximum atomic E-state index is 8.68. The van der Waals surface area contributed by atoms with Crippen LogP contribution in [0, 0.1) is 6.92 Å². The fourth-order valence-corrected chi connectivity index (χ4v) is 1.24. The van der Waals surface area contributed by atoms with Gasteiger partial charge in [0.2, 0.25) is 0 Å². The summed E-state index contributed by atoms with van der Waals surface area (Å²) in [5.41, 5.74) is 8.20. The Kier molecular flexibility index (Phi) is 7.84. The van der Waals surface area contributed by atoms with Gasteiger partial charge in [-0.25, -0.2) is 5.84 Å². The third kappa shape index (κ3) is 5.94. The van der Waals surface area contributed by atoms with Crippen LogP contribution in [0.25, 0.3) is 0 Å². The molecule has 0 atom stereocenters. The van der Waals surface area contributed by atoms with Crippen LogP contribution in [0.2, 0.25) is 0 Å². The van der Waals surface area contributed by atoms with Gasteiger partial charge in [-0.3, -0.25) is 5.01 Å². The molecule has 96 valence electrons. The Balaban J connectivity index is 0.00000121. The first kappa shape index (κ1) is 15.5. The number of anilines is 1. The number of aryl methyl sites for hydroxylation is 1. The maximum Gasteiger partial charge on any atom is 0.0571 e. The average molecular weight is 237 g/mol. The largest absolute Gasteiger partial charge is 0.401 e. The molecule has 0 saturated heterocycles. The molecule has 0 bridgehead atoms. The zero-order valence-electron chi connectivity index (χ0n) is 10.9. The van der Waals surface area contributed by atoms with Crippen molar-refractivity contribution in [2.75, 3.05) is 11.6 Å². The number of nitrogens with zero attached hydrogens (tertiary/aromatic N) is 1. The molecule has 0 amide bonds. The van der Waals surface area contributed by atoms with Crippen molar-refractivity contribution in [2.24, 2.45) is 11.6 Å². The fourth-order valence-electron chi connectivity index (χ4n) is 1.24. The molecule has 1 rings (SSSR count). The molecular formula is C13H23N3O. The van der Waals surface area contributed by atoms with Crippen LogP contribution in [0.5, 0.6) is 0 Å². The second kappa shape index (κ2) is 8.61. The fraction of sp³-hybridized carbons (Fsp3) is 0.385. The number of aliphatic hydroxyl groups is 1. The molecule has 0 radical (unpaired) electrons. The second-order valence-electron chi connectivity index (χ2n) is 3.42. The van der Waals surface area contributed by atoms with Crippen LogP contribution in [0.3, 0.4) is 0 Å². The van der Waals surface area contributed by atoms with Crippen molar-refractivity contribution in [3.63, 3.8) is 0 Å². The van der Waals surface area contributed by atoms with Crippen LogP contribution in [0.15, 0.2) is 36.2 Å². The molecule has 0 aliphatic heterocycles. The van der Waals surface area contributed by atoms with Crippen molar-refractivity contribution < 1.29 is 5.11 Å². The highest BCUT2D eigenvalue weighted by molar-refractivity contribution is 5.49. The first-order valence-corrected chi connectivity index (χ1v) is 5.81. The van der Waals surface area contributed by atoms with E-state index in [0.29, 0.717) is 12.1 Å². The molecule has 1 aromatic carbocycles. The number of hydrogen-bond acceptors (Lipinski definition) is 4. The minimum Gasteiger partial charge on any atom is -0.401 e. The van der Waals surface area contributed by atoms with Gasteiger partial charge in [0.15, 0.2) is 0 Å². The predicted octanol–water partition coefficient (Wildman–Crippen LogP) is 1.88. The molecule has 0 aromatic heterocycles. The van der Waals surface area contributed by atoms with Gasteiger partial charge in [0.05, 0.1) is 5.69 Å². The van der Waals surface area contributed by atoms with Crippen molar-refractivity contribution in [1.82, 2.24) is 0 Å². The van der Waals surface area contributed by atoms with Crippen LogP contribution in [0.1, 0.15) is 25.8 Å². The highest BCUT2D eigenvalue weighted by atomic mass is 16.3. The van der Waals surface area contributed by atoms with Crippen LogP contribution < -0.4 is 16.6 Å². The number of nitrogens with two attached hydrogens (primary N) is 2. The Morgan fingerprint density at radius 2 is 2.06 bits per heavy atom. The zero-order chi connectivity index (χ0) is 13.3. The monoisotopic (exact) mass is 237 g/mol. The SMILES string of the molecule is CC.Cc1cccc(N(N)/C=C(\N)CCO)c1. The summed E-state index contributed by atoms with van der Waals surface area (Å²) < 4.78 is 0. The lowest BCUT2D eigenvalue weighted by Crippen LogP contribution is -2.26. The van der Waals surface area contributed by atoms with E-state index in [-0.39, 0.29) is 6.61 Å². The van der Waals surface area contributed by atoms with Gasteiger partial charge < -0.3 is 10.8 Å². The standard InChI is InChI=1S/C11H17N3O.C2H6/c1-9-3-2-4-11(7-9)14(13)8-10(12)5-6-15;1-2/h2-4,7-8,15H,5-6,12-13H2,1H3;1-2H3/b10-8-;. The number of aliphatic hydroxyl groups excluding tert-OH is 1. The number of hydrazine groups is 1. The van der Waals surface area contributed by atoms with Crippen LogP contribution in [0.4, 0.5) is 5.69 Å². The van der Waals surface area contributed by atoms with E-state index in [9.17, 15) is 0 Å². The minimum absolute atomic E-state index is 0.0317. The van der Waals surface area contributed by atoms with E-state index in [2.05, 4.69) is 0 Å². The lowest BCUT2D eigenvalue weighted by Gasteiger charge is -2.15. The average Bonchev–Trinajstić information content (AvgIpc) is 2.32. The summed E-state index contributed by atoms with van der Waals surface area (Å²) in [5.74, 6) is 5.79. The minimum atomic E-state index is 0.0317. The normalized spacial score (nSPS) is 10.5. The summed E-state index contributed by atoms with van der Waals surface area (Å²) in [5, 5.41) is 10.1. The summed E-state index contributed by atoms with van der Waals surface area (Å²) in [7, 11) is 0. The van der Waals surface area contributed by atoms with E-state index < -0.39 is 0 Å². The molecular weight excluding hydrogens is 214 g/mol. The zero-order valence-corrected chi connectivity index (χ0v) is 10.9. The molecule has 0 aliphatic rings. The molecule has 0 heterocycles. The summed E-state index contributed by atoms with van der Waals surface area (Å²) in [6, 6.07) is 7.79. The van der Waals surface area contributed by atoms with E-state index in [1.165, 1.54) is 5.01 Å². The Labute approximate surface area is 104 Å². The van der Waals surface area contributed by atoms with E-state index in [1.807, 2.05) is 45.0 Å². The summed E-state index contributed by atoms with van der Waals surface area (Å²) in [6.07, 6.45) is 2.05. The Bertz CT molecular complexity index is 350. The lowest BCUT2D eigenvalue weighted by molar-refractivity contribution is 0.298. The third-order valence-corrected chi connectivity index (χ3v) is 2.01. The van der Waals surface area contributed by atoms with Crippen molar-refractivity contribution in [3.8, 4) is 0 Å². The summed E-state index contributed by atoms with van der Waals surface area (Å²) in [6.45, 7) is 6.03. The summed E-state index contributed by atoms with van der Waals surface area (Å²) >= 11 is 0. The Hall–Kier alpha value is -1.52. The van der Waals surface area contributed by atoms with Crippen molar-refractivity contribution in [2.45, 2.75) is 27.2 Å². The number of hydrogen-bond donors (Lipinski definition) is 3. The van der Waals surface area contributed by atoms with E-state index in [1.54, 1.807) is 6.20 Å². The summed E-state index contributed by atoms with van der Waals surface area (Å²) in [4.78, 5) is 0. The maximum absolute atomic E-state index is 8.68. The lowest BCUT2D eigenvalue weighted by atomic mass is 10.2. The van der Waals surface area contributed by atoms with Crippen LogP contribution in [-0.2, 0) is 0 Å². The molecule has 0 aliphatic carbocycles. The molecule has 4 nitrogen and oxygen atoms in total. The van der Waals surface area contributed by atoms with Crippen molar-refractivity contribution in [3.05, 3.63) is 41.7 Å². The van der Waals surface area contributed by atoms with Gasteiger partial charge in [-0.05, 0) is 24.6 Å². The molecule has 1 aromatic rings. The molecule has 5 N–H and O–H groups in total. The first-order valence-electron chi connectivity index (χ1n) is 5.81. The van der Waals surface area contributed by atoms with Gasteiger partial charge in [0.1, 0.15) is 0 Å². The molecule has 0 saturated carbocycles. The smallest absolute Gasteiger partial charge is 0.0571 e. The first-order chi connectivity index (χ1) is 8.13. The van der Waals surface area contributed by atoms with E-state index >= 15 is 0 Å². The number of rotatable bonds is 4. The van der Waals surface area contributed by atoms with Crippen LogP contribution >= 0.6 is 0 Å². The van der Waals surface area contributed by atoms with E-state index in [0.717, 1.165) is 11.3 Å². The number of benzene rings is 1. The van der Waals surface area contributed by atoms with E-state index in [4.69, 9.17) is 16.7 Å². The topological polar surface area (TPSA) is 75.5 Å². The third-order valence-electron chi connectivity index (χ3n) is 2.01. The Morgan fingerprint density at radius 3 is 2.59 bits per heavy atom. The van der Waals surface area contributed by atoms with Gasteiger partial charge in [-0.1, -0.05) is 26.0 Å².